The molecule has 5 nitrogen and oxygen atoms in total. The zero-order valence-electron chi connectivity index (χ0n) is 17.8. The maximum Gasteiger partial charge on any atom is 0.341 e. The molecule has 0 heterocycles. The van der Waals surface area contributed by atoms with Crippen molar-refractivity contribution in [1.82, 2.24) is 0 Å². The molecule has 0 unspecified atom stereocenters. The first-order valence-electron chi connectivity index (χ1n) is 9.30. The Balaban J connectivity index is 2.22. The molecule has 2 aromatic carbocycles. The number of esters is 1. The van der Waals surface area contributed by atoms with Gasteiger partial charge in [-0.2, -0.15) is 0 Å². The Morgan fingerprint density at radius 1 is 1.03 bits per heavy atom. The van der Waals surface area contributed by atoms with Gasteiger partial charge in [0.25, 0.3) is 0 Å². The van der Waals surface area contributed by atoms with E-state index in [1.807, 2.05) is 18.2 Å². The van der Waals surface area contributed by atoms with E-state index in [1.54, 1.807) is 18.2 Å². The lowest BCUT2D eigenvalue weighted by Gasteiger charge is -2.20. The molecule has 0 aliphatic carbocycles. The van der Waals surface area contributed by atoms with Gasteiger partial charge in [0.05, 0.1) is 37.1 Å². The van der Waals surface area contributed by atoms with Gasteiger partial charge in [0.15, 0.2) is 5.75 Å². The number of hydrogen-bond donors (Lipinski definition) is 0. The molecule has 0 spiro atoms. The second-order valence-electron chi connectivity index (χ2n) is 7.77. The van der Waals surface area contributed by atoms with Crippen LogP contribution < -0.4 is 9.47 Å². The number of carbonyl (C=O) groups excluding carboxylic acids is 1. The van der Waals surface area contributed by atoms with Crippen LogP contribution in [0.25, 0.3) is 5.57 Å². The summed E-state index contributed by atoms with van der Waals surface area (Å²) in [6, 6.07) is 10.6. The first-order chi connectivity index (χ1) is 14.2. The zero-order valence-corrected chi connectivity index (χ0v) is 19.3. The molecular formula is C23H26Cl2O5. The number of ether oxygens (including phenoxy) is 4. The van der Waals surface area contributed by atoms with Crippen LogP contribution in [-0.2, 0) is 20.9 Å². The molecule has 0 fully saturated rings. The van der Waals surface area contributed by atoms with Crippen molar-refractivity contribution in [2.45, 2.75) is 27.4 Å². The smallest absolute Gasteiger partial charge is 0.341 e. The minimum atomic E-state index is -0.504. The quantitative estimate of drug-likeness (QED) is 0.272. The minimum absolute atomic E-state index is 0.0292. The van der Waals surface area contributed by atoms with Crippen molar-refractivity contribution in [3.05, 3.63) is 63.8 Å². The lowest BCUT2D eigenvalue weighted by Crippen LogP contribution is -2.17. The molecule has 0 saturated heterocycles. The lowest BCUT2D eigenvalue weighted by atomic mass is 9.99. The maximum atomic E-state index is 12.1. The molecule has 0 saturated carbocycles. The summed E-state index contributed by atoms with van der Waals surface area (Å²) in [6.07, 6.45) is 1.35. The van der Waals surface area contributed by atoms with Gasteiger partial charge in [-0.1, -0.05) is 68.2 Å². The number of hydrogen-bond acceptors (Lipinski definition) is 5. The van der Waals surface area contributed by atoms with E-state index in [0.717, 1.165) is 5.56 Å². The van der Waals surface area contributed by atoms with E-state index in [1.165, 1.54) is 20.5 Å². The standard InChI is InChI=1S/C23H26Cl2O5/c1-23(2,3)14-30-21-19(24)10-16(11-20(21)25)29-12-15-8-6-7-9-17(15)18(13-27-4)22(26)28-5/h6-11,13H,12,14H2,1-5H3/b18-13+. The van der Waals surface area contributed by atoms with Crippen LogP contribution in [0.4, 0.5) is 0 Å². The first-order valence-corrected chi connectivity index (χ1v) is 10.1. The fourth-order valence-electron chi connectivity index (χ4n) is 2.57. The Bertz CT molecular complexity index is 893. The second-order valence-corrected chi connectivity index (χ2v) is 8.58. The molecule has 162 valence electrons. The molecule has 0 aromatic heterocycles. The van der Waals surface area contributed by atoms with Crippen LogP contribution in [0, 0.1) is 5.41 Å². The highest BCUT2D eigenvalue weighted by Crippen LogP contribution is 2.38. The molecule has 0 aliphatic rings. The summed E-state index contributed by atoms with van der Waals surface area (Å²) in [7, 11) is 2.79. The van der Waals surface area contributed by atoms with Crippen molar-refractivity contribution in [3.8, 4) is 11.5 Å². The molecule has 0 amide bonds. The largest absolute Gasteiger partial charge is 0.503 e. The summed E-state index contributed by atoms with van der Waals surface area (Å²) in [5.41, 5.74) is 1.68. The van der Waals surface area contributed by atoms with Crippen LogP contribution in [0.15, 0.2) is 42.7 Å². The Morgan fingerprint density at radius 2 is 1.67 bits per heavy atom. The SMILES string of the molecule is CO/C=C(/C(=O)OC)c1ccccc1COc1cc(Cl)c(OCC(C)(C)C)c(Cl)c1. The summed E-state index contributed by atoms with van der Waals surface area (Å²) in [5.74, 6) is 0.408. The molecule has 2 rings (SSSR count). The van der Waals surface area contributed by atoms with E-state index in [0.29, 0.717) is 39.3 Å². The van der Waals surface area contributed by atoms with Crippen LogP contribution in [0.3, 0.4) is 0 Å². The molecule has 0 radical (unpaired) electrons. The van der Waals surface area contributed by atoms with Crippen LogP contribution in [-0.4, -0.2) is 26.8 Å². The number of rotatable bonds is 8. The number of carbonyl (C=O) groups is 1. The topological polar surface area (TPSA) is 54.0 Å². The second kappa shape index (κ2) is 10.6. The molecule has 0 aliphatic heterocycles. The predicted molar refractivity (Wildman–Crippen MR) is 119 cm³/mol. The van der Waals surface area contributed by atoms with E-state index in [2.05, 4.69) is 20.8 Å². The molecule has 2 aromatic rings. The van der Waals surface area contributed by atoms with Crippen molar-refractivity contribution in [2.24, 2.45) is 5.41 Å². The minimum Gasteiger partial charge on any atom is -0.503 e. The van der Waals surface area contributed by atoms with Gasteiger partial charge in [-0.3, -0.25) is 0 Å². The summed E-state index contributed by atoms with van der Waals surface area (Å²) in [6.45, 7) is 6.84. The maximum absolute atomic E-state index is 12.1. The summed E-state index contributed by atoms with van der Waals surface area (Å²) < 4.78 is 21.6. The Labute approximate surface area is 187 Å². The average Bonchev–Trinajstić information content (AvgIpc) is 2.68. The van der Waals surface area contributed by atoms with Gasteiger partial charge in [0.1, 0.15) is 17.9 Å². The van der Waals surface area contributed by atoms with Gasteiger partial charge < -0.3 is 18.9 Å². The molecule has 0 N–H and O–H groups in total. The Hall–Kier alpha value is -2.37. The molecule has 7 heteroatoms. The van der Waals surface area contributed by atoms with E-state index < -0.39 is 5.97 Å². The normalized spacial score (nSPS) is 11.8. The van der Waals surface area contributed by atoms with Crippen molar-refractivity contribution >= 4 is 34.7 Å². The summed E-state index contributed by atoms with van der Waals surface area (Å²) in [4.78, 5) is 12.1. The lowest BCUT2D eigenvalue weighted by molar-refractivity contribution is -0.133. The van der Waals surface area contributed by atoms with Gasteiger partial charge >= 0.3 is 5.97 Å². The molecule has 30 heavy (non-hydrogen) atoms. The van der Waals surface area contributed by atoms with Gasteiger partial charge in [0.2, 0.25) is 0 Å². The van der Waals surface area contributed by atoms with Crippen molar-refractivity contribution < 1.29 is 23.7 Å². The van der Waals surface area contributed by atoms with E-state index >= 15 is 0 Å². The molecule has 0 atom stereocenters. The molecule has 0 bridgehead atoms. The highest BCUT2D eigenvalue weighted by Gasteiger charge is 2.18. The van der Waals surface area contributed by atoms with Crippen molar-refractivity contribution in [3.63, 3.8) is 0 Å². The zero-order chi connectivity index (χ0) is 22.3. The van der Waals surface area contributed by atoms with Gasteiger partial charge in [-0.05, 0) is 16.5 Å². The fraction of sp³-hybridized carbons (Fsp3) is 0.348. The number of benzene rings is 2. The van der Waals surface area contributed by atoms with Gasteiger partial charge in [-0.15, -0.1) is 0 Å². The van der Waals surface area contributed by atoms with Crippen LogP contribution in [0.5, 0.6) is 11.5 Å². The third kappa shape index (κ3) is 6.57. The highest BCUT2D eigenvalue weighted by molar-refractivity contribution is 6.37. The predicted octanol–water partition coefficient (Wildman–Crippen LogP) is 6.16. The molecular weight excluding hydrogens is 427 g/mol. The number of methoxy groups -OCH3 is 2. The first kappa shape index (κ1) is 23.9. The van der Waals surface area contributed by atoms with Crippen LogP contribution >= 0.6 is 23.2 Å². The summed E-state index contributed by atoms with van der Waals surface area (Å²) in [5, 5.41) is 0.731. The third-order valence-electron chi connectivity index (χ3n) is 3.96. The Kier molecular flexibility index (Phi) is 8.44. The van der Waals surface area contributed by atoms with Gasteiger partial charge in [-0.25, -0.2) is 4.79 Å². The van der Waals surface area contributed by atoms with Crippen molar-refractivity contribution in [1.29, 1.82) is 0 Å². The van der Waals surface area contributed by atoms with E-state index in [-0.39, 0.29) is 12.0 Å². The average molecular weight is 453 g/mol. The van der Waals surface area contributed by atoms with Crippen LogP contribution in [0.2, 0.25) is 10.0 Å². The van der Waals surface area contributed by atoms with E-state index in [9.17, 15) is 4.79 Å². The third-order valence-corrected chi connectivity index (χ3v) is 4.53. The van der Waals surface area contributed by atoms with Gasteiger partial charge in [0, 0.05) is 12.1 Å². The van der Waals surface area contributed by atoms with E-state index in [4.69, 9.17) is 42.1 Å². The summed E-state index contributed by atoms with van der Waals surface area (Å²) >= 11 is 12.7. The van der Waals surface area contributed by atoms with Crippen LogP contribution in [0.1, 0.15) is 31.9 Å². The number of halogens is 2. The fourth-order valence-corrected chi connectivity index (χ4v) is 3.14. The monoisotopic (exact) mass is 452 g/mol. The Morgan fingerprint density at radius 3 is 2.23 bits per heavy atom. The van der Waals surface area contributed by atoms with Crippen molar-refractivity contribution in [2.75, 3.05) is 20.8 Å². The highest BCUT2D eigenvalue weighted by atomic mass is 35.5.